The molecule has 0 amide bonds. The number of aryl methyl sites for hydroxylation is 1. The lowest BCUT2D eigenvalue weighted by molar-refractivity contribution is 0.601. The fourth-order valence-electron chi connectivity index (χ4n) is 2.15. The molecule has 24 heavy (non-hydrogen) atoms. The van der Waals surface area contributed by atoms with E-state index in [0.717, 1.165) is 16.3 Å². The van der Waals surface area contributed by atoms with Gasteiger partial charge in [-0.15, -0.1) is 11.3 Å². The van der Waals surface area contributed by atoms with E-state index in [0.29, 0.717) is 11.3 Å². The molecule has 0 unspecified atom stereocenters. The van der Waals surface area contributed by atoms with Crippen LogP contribution in [0.4, 0.5) is 5.69 Å². The highest BCUT2D eigenvalue weighted by molar-refractivity contribution is 7.92. The number of benzene rings is 2. The van der Waals surface area contributed by atoms with E-state index < -0.39 is 10.0 Å². The first-order valence-corrected chi connectivity index (χ1v) is 9.40. The Hall–Kier alpha value is -2.69. The minimum Gasteiger partial charge on any atom is -0.280 e. The molecule has 0 aliphatic heterocycles. The zero-order valence-corrected chi connectivity index (χ0v) is 14.4. The van der Waals surface area contributed by atoms with E-state index in [1.807, 2.05) is 30.5 Å². The predicted octanol–water partition coefficient (Wildman–Crippen LogP) is 3.79. The number of nitriles is 1. The maximum absolute atomic E-state index is 12.4. The van der Waals surface area contributed by atoms with Gasteiger partial charge in [-0.2, -0.15) is 5.26 Å². The number of aromatic nitrogens is 1. The topological polar surface area (TPSA) is 82.8 Å². The summed E-state index contributed by atoms with van der Waals surface area (Å²) in [6.07, 6.45) is 0. The molecule has 0 saturated heterocycles. The highest BCUT2D eigenvalue weighted by atomic mass is 32.2. The van der Waals surface area contributed by atoms with Crippen LogP contribution in [0.15, 0.2) is 58.8 Å². The van der Waals surface area contributed by atoms with Crippen molar-refractivity contribution in [2.45, 2.75) is 11.8 Å². The van der Waals surface area contributed by atoms with Crippen molar-refractivity contribution in [3.8, 4) is 17.3 Å². The van der Waals surface area contributed by atoms with E-state index in [2.05, 4.69) is 9.71 Å². The Morgan fingerprint density at radius 3 is 2.54 bits per heavy atom. The van der Waals surface area contributed by atoms with Gasteiger partial charge in [0.25, 0.3) is 10.0 Å². The number of sulfonamides is 1. The van der Waals surface area contributed by atoms with Crippen molar-refractivity contribution in [1.82, 2.24) is 4.98 Å². The van der Waals surface area contributed by atoms with Crippen LogP contribution in [0.2, 0.25) is 0 Å². The van der Waals surface area contributed by atoms with Gasteiger partial charge < -0.3 is 0 Å². The van der Waals surface area contributed by atoms with Crippen LogP contribution in [-0.2, 0) is 10.0 Å². The molecule has 0 atom stereocenters. The molecule has 1 N–H and O–H groups in total. The summed E-state index contributed by atoms with van der Waals surface area (Å²) in [5.41, 5.74) is 2.54. The molecule has 120 valence electrons. The number of thiazole rings is 1. The Morgan fingerprint density at radius 2 is 1.92 bits per heavy atom. The Balaban J connectivity index is 1.84. The predicted molar refractivity (Wildman–Crippen MR) is 94.3 cm³/mol. The van der Waals surface area contributed by atoms with Gasteiger partial charge in [0.1, 0.15) is 0 Å². The largest absolute Gasteiger partial charge is 0.280 e. The number of rotatable bonds is 4. The Bertz CT molecular complexity index is 1020. The molecular formula is C17H13N3O2S2. The summed E-state index contributed by atoms with van der Waals surface area (Å²) in [7, 11) is -3.73. The SMILES string of the molecule is Cc1nc(-c2ccc(NS(=O)(=O)c3cccc(C#N)c3)cc2)cs1. The van der Waals surface area contributed by atoms with Gasteiger partial charge in [-0.3, -0.25) is 4.72 Å². The van der Waals surface area contributed by atoms with Gasteiger partial charge in [-0.25, -0.2) is 13.4 Å². The van der Waals surface area contributed by atoms with E-state index >= 15 is 0 Å². The van der Waals surface area contributed by atoms with Gasteiger partial charge >= 0.3 is 0 Å². The third kappa shape index (κ3) is 3.45. The van der Waals surface area contributed by atoms with Crippen molar-refractivity contribution >= 4 is 27.0 Å². The van der Waals surface area contributed by atoms with Gasteiger partial charge in [0.15, 0.2) is 0 Å². The van der Waals surface area contributed by atoms with E-state index in [-0.39, 0.29) is 4.90 Å². The second kappa shape index (κ2) is 6.43. The third-order valence-electron chi connectivity index (χ3n) is 3.33. The quantitative estimate of drug-likeness (QED) is 0.772. The summed E-state index contributed by atoms with van der Waals surface area (Å²) >= 11 is 1.57. The number of anilines is 1. The van der Waals surface area contributed by atoms with Gasteiger partial charge in [0, 0.05) is 16.6 Å². The summed E-state index contributed by atoms with van der Waals surface area (Å²) in [4.78, 5) is 4.46. The molecule has 0 radical (unpaired) electrons. The van der Waals surface area contributed by atoms with Crippen LogP contribution < -0.4 is 4.72 Å². The molecule has 0 aliphatic carbocycles. The minimum absolute atomic E-state index is 0.0563. The highest BCUT2D eigenvalue weighted by Gasteiger charge is 2.14. The van der Waals surface area contributed by atoms with Crippen molar-refractivity contribution in [2.75, 3.05) is 4.72 Å². The van der Waals surface area contributed by atoms with E-state index in [1.165, 1.54) is 12.1 Å². The van der Waals surface area contributed by atoms with Gasteiger partial charge in [0.05, 0.1) is 27.2 Å². The lowest BCUT2D eigenvalue weighted by Gasteiger charge is -2.08. The van der Waals surface area contributed by atoms with Crippen molar-refractivity contribution in [3.63, 3.8) is 0 Å². The molecule has 3 aromatic rings. The molecule has 7 heteroatoms. The number of hydrogen-bond donors (Lipinski definition) is 1. The average Bonchev–Trinajstić information content (AvgIpc) is 3.02. The molecule has 0 spiro atoms. The molecular weight excluding hydrogens is 342 g/mol. The molecule has 5 nitrogen and oxygen atoms in total. The number of nitrogens with one attached hydrogen (secondary N) is 1. The van der Waals surface area contributed by atoms with Gasteiger partial charge in [0.2, 0.25) is 0 Å². The second-order valence-corrected chi connectivity index (χ2v) is 7.82. The summed E-state index contributed by atoms with van der Waals surface area (Å²) in [5, 5.41) is 11.8. The van der Waals surface area contributed by atoms with Crippen LogP contribution in [0.25, 0.3) is 11.3 Å². The lowest BCUT2D eigenvalue weighted by Crippen LogP contribution is -2.13. The van der Waals surface area contributed by atoms with Crippen LogP contribution in [0.5, 0.6) is 0 Å². The normalized spacial score (nSPS) is 11.0. The molecule has 2 aromatic carbocycles. The fraction of sp³-hybridized carbons (Fsp3) is 0.0588. The summed E-state index contributed by atoms with van der Waals surface area (Å²) < 4.78 is 27.3. The molecule has 1 heterocycles. The molecule has 1 aromatic heterocycles. The van der Waals surface area contributed by atoms with Crippen LogP contribution in [0.3, 0.4) is 0 Å². The standard InChI is InChI=1S/C17H13N3O2S2/c1-12-19-17(11-23-12)14-5-7-15(8-6-14)20-24(21,22)16-4-2-3-13(9-16)10-18/h2-9,11,20H,1H3. The zero-order chi connectivity index (χ0) is 17.2. The molecule has 0 saturated carbocycles. The molecule has 3 rings (SSSR count). The molecule has 0 aliphatic rings. The van der Waals surface area contributed by atoms with Gasteiger partial charge in [-0.05, 0) is 37.3 Å². The van der Waals surface area contributed by atoms with Crippen LogP contribution in [0, 0.1) is 18.3 Å². The summed E-state index contributed by atoms with van der Waals surface area (Å²) in [5.74, 6) is 0. The fourth-order valence-corrected chi connectivity index (χ4v) is 3.88. The van der Waals surface area contributed by atoms with E-state index in [4.69, 9.17) is 5.26 Å². The Labute approximate surface area is 144 Å². The van der Waals surface area contributed by atoms with Gasteiger partial charge in [-0.1, -0.05) is 18.2 Å². The Morgan fingerprint density at radius 1 is 1.17 bits per heavy atom. The third-order valence-corrected chi connectivity index (χ3v) is 5.48. The van der Waals surface area contributed by atoms with Crippen LogP contribution in [0.1, 0.15) is 10.6 Å². The zero-order valence-electron chi connectivity index (χ0n) is 12.7. The van der Waals surface area contributed by atoms with E-state index in [9.17, 15) is 8.42 Å². The van der Waals surface area contributed by atoms with E-state index in [1.54, 1.807) is 35.6 Å². The minimum atomic E-state index is -3.73. The van der Waals surface area contributed by atoms with Crippen LogP contribution in [-0.4, -0.2) is 13.4 Å². The number of hydrogen-bond acceptors (Lipinski definition) is 5. The van der Waals surface area contributed by atoms with Crippen molar-refractivity contribution in [2.24, 2.45) is 0 Å². The Kier molecular flexibility index (Phi) is 4.34. The molecule has 0 fully saturated rings. The van der Waals surface area contributed by atoms with Crippen LogP contribution >= 0.6 is 11.3 Å². The summed E-state index contributed by atoms with van der Waals surface area (Å²) in [6.45, 7) is 1.94. The first kappa shape index (κ1) is 16.2. The lowest BCUT2D eigenvalue weighted by atomic mass is 10.1. The molecule has 0 bridgehead atoms. The monoisotopic (exact) mass is 355 g/mol. The maximum Gasteiger partial charge on any atom is 0.261 e. The van der Waals surface area contributed by atoms with Crippen molar-refractivity contribution in [3.05, 3.63) is 64.5 Å². The smallest absolute Gasteiger partial charge is 0.261 e. The first-order valence-electron chi connectivity index (χ1n) is 7.03. The average molecular weight is 355 g/mol. The second-order valence-electron chi connectivity index (χ2n) is 5.07. The summed E-state index contributed by atoms with van der Waals surface area (Å²) in [6, 6.07) is 14.8. The first-order chi connectivity index (χ1) is 11.5. The maximum atomic E-state index is 12.4. The number of nitrogens with zero attached hydrogens (tertiary/aromatic N) is 2. The van der Waals surface area contributed by atoms with Crippen molar-refractivity contribution in [1.29, 1.82) is 5.26 Å². The van der Waals surface area contributed by atoms with Crippen molar-refractivity contribution < 1.29 is 8.42 Å². The highest BCUT2D eigenvalue weighted by Crippen LogP contribution is 2.24.